The SMILES string of the molecule is [2H]c1c([2H])c([2H])c2c(c1[2H])-c1c([2H])c([2H])c([2H])c([2H])c1C21c2c([2H])c(P(=O)(c3ccccc3)c3ccccc3)c([2H])c([2H])c2-c2c([2H])c([2H])c(P(=O)(c3ccccc3)c3ccccc3)c([2H])c21. The van der Waals surface area contributed by atoms with Crippen LogP contribution in [0.15, 0.2) is 206 Å². The minimum atomic E-state index is -4.43. The smallest absolute Gasteiger partial charge is 0.171 e. The van der Waals surface area contributed by atoms with E-state index in [0.29, 0.717) is 0 Å². The van der Waals surface area contributed by atoms with Crippen molar-refractivity contribution >= 4 is 46.1 Å². The molecule has 0 unspecified atom stereocenters. The Bertz CT molecular complexity index is 3250. The molecule has 8 aromatic carbocycles. The third kappa shape index (κ3) is 4.47. The Morgan fingerprint density at radius 1 is 0.340 bits per heavy atom. The van der Waals surface area contributed by atoms with Crippen molar-refractivity contribution in [1.29, 1.82) is 0 Å². The Labute approximate surface area is 329 Å². The molecule has 53 heavy (non-hydrogen) atoms. The van der Waals surface area contributed by atoms with E-state index in [0.717, 1.165) is 0 Å². The predicted molar refractivity (Wildman–Crippen MR) is 222 cm³/mol. The second kappa shape index (κ2) is 12.1. The zero-order chi connectivity index (χ0) is 47.8. The van der Waals surface area contributed by atoms with Crippen LogP contribution in [0.3, 0.4) is 0 Å². The zero-order valence-electron chi connectivity index (χ0n) is 41.8. The Hall–Kier alpha value is -5.78. The van der Waals surface area contributed by atoms with Gasteiger partial charge in [0.25, 0.3) is 0 Å². The van der Waals surface area contributed by atoms with Crippen LogP contribution in [-0.4, -0.2) is 0 Å². The summed E-state index contributed by atoms with van der Waals surface area (Å²) >= 11 is 0. The largest absolute Gasteiger partial charge is 0.309 e. The van der Waals surface area contributed by atoms with Gasteiger partial charge >= 0.3 is 0 Å². The molecule has 2 aliphatic carbocycles. The molecule has 0 N–H and O–H groups in total. The lowest BCUT2D eigenvalue weighted by Crippen LogP contribution is -2.31. The molecular formula is C49H34O2P2. The van der Waals surface area contributed by atoms with Crippen LogP contribution in [0.25, 0.3) is 22.3 Å². The molecule has 0 saturated heterocycles. The van der Waals surface area contributed by atoms with Crippen LogP contribution in [0.1, 0.15) is 41.4 Å². The van der Waals surface area contributed by atoms with Gasteiger partial charge in [-0.25, -0.2) is 0 Å². The van der Waals surface area contributed by atoms with Gasteiger partial charge in [0, 0.05) is 31.8 Å². The third-order valence-corrected chi connectivity index (χ3v) is 15.9. The van der Waals surface area contributed by atoms with Gasteiger partial charge in [-0.1, -0.05) is 194 Å². The molecule has 0 aliphatic heterocycles. The molecule has 0 fully saturated rings. The summed E-state index contributed by atoms with van der Waals surface area (Å²) in [5.74, 6) is 0. The summed E-state index contributed by atoms with van der Waals surface area (Å²) in [5.41, 5.74) is -6.04. The van der Waals surface area contributed by atoms with Gasteiger partial charge in [0.1, 0.15) is 0 Å². The van der Waals surface area contributed by atoms with Gasteiger partial charge in [0.05, 0.1) is 24.6 Å². The standard InChI is InChI=1S/C49H34O2P2/c50-52(35-17-5-1-6-18-35,36-19-7-2-8-20-36)39-29-31-43-44-32-30-40(53(51,37-21-9-3-10-22-37)38-23-11-4-12-24-38)34-48(44)49(47(43)33-39)45-27-15-13-25-41(45)42-26-14-16-28-46(42)49/h1-34H/i13D,14D,15D,16D,25D,26D,27D,28D,29D,30D,31D,32D,33D,34D. The first-order valence-corrected chi connectivity index (χ1v) is 20.3. The van der Waals surface area contributed by atoms with Gasteiger partial charge in [0.15, 0.2) is 14.3 Å². The molecule has 2 nitrogen and oxygen atoms in total. The van der Waals surface area contributed by atoms with Gasteiger partial charge in [-0.2, -0.15) is 0 Å². The summed E-state index contributed by atoms with van der Waals surface area (Å²) in [7, 11) is -8.86. The summed E-state index contributed by atoms with van der Waals surface area (Å²) in [5, 5.41) is -0.330. The number of hydrogen-bond acceptors (Lipinski definition) is 2. The Balaban J connectivity index is 1.52. The van der Waals surface area contributed by atoms with Crippen molar-refractivity contribution in [3.63, 3.8) is 0 Å². The molecule has 0 heterocycles. The predicted octanol–water partition coefficient (Wildman–Crippen LogP) is 9.31. The van der Waals surface area contributed by atoms with Crippen LogP contribution in [-0.2, 0) is 14.5 Å². The van der Waals surface area contributed by atoms with E-state index in [2.05, 4.69) is 0 Å². The highest BCUT2D eigenvalue weighted by Gasteiger charge is 2.52. The molecule has 0 bridgehead atoms. The van der Waals surface area contributed by atoms with Crippen molar-refractivity contribution < 1.29 is 28.3 Å². The molecule has 4 heteroatoms. The normalized spacial score (nSPS) is 17.3. The van der Waals surface area contributed by atoms with E-state index < -0.39 is 159 Å². The van der Waals surface area contributed by atoms with Crippen molar-refractivity contribution in [2.24, 2.45) is 0 Å². The molecular weight excluding hydrogens is 682 g/mol. The maximum Gasteiger partial charge on any atom is 0.171 e. The van der Waals surface area contributed by atoms with Gasteiger partial charge in [-0.05, 0) is 56.6 Å². The lowest BCUT2D eigenvalue weighted by atomic mass is 9.70. The molecule has 2 aliphatic rings. The Kier molecular flexibility index (Phi) is 4.69. The summed E-state index contributed by atoms with van der Waals surface area (Å²) in [4.78, 5) is 0. The highest BCUT2D eigenvalue weighted by Crippen LogP contribution is 2.63. The molecule has 0 aromatic heterocycles. The van der Waals surface area contributed by atoms with Gasteiger partial charge in [-0.3, -0.25) is 0 Å². The van der Waals surface area contributed by atoms with Gasteiger partial charge < -0.3 is 9.13 Å². The van der Waals surface area contributed by atoms with E-state index in [9.17, 15) is 13.7 Å². The monoisotopic (exact) mass is 730 g/mol. The lowest BCUT2D eigenvalue weighted by Gasteiger charge is -2.32. The molecule has 0 saturated carbocycles. The number of rotatable bonds is 6. The van der Waals surface area contributed by atoms with E-state index in [-0.39, 0.29) is 21.2 Å². The first kappa shape index (κ1) is 20.5. The second-order valence-corrected chi connectivity index (χ2v) is 18.2. The van der Waals surface area contributed by atoms with Crippen LogP contribution in [0, 0.1) is 0 Å². The fourth-order valence-electron chi connectivity index (χ4n) is 7.72. The third-order valence-electron chi connectivity index (χ3n) is 10.1. The van der Waals surface area contributed by atoms with Crippen molar-refractivity contribution in [2.75, 3.05) is 0 Å². The molecule has 0 atom stereocenters. The minimum absolute atomic E-state index is 0.160. The molecule has 1 spiro atoms. The molecule has 0 radical (unpaired) electrons. The number of fused-ring (bicyclic) bond motifs is 10. The van der Waals surface area contributed by atoms with Crippen LogP contribution >= 0.6 is 14.3 Å². The zero-order valence-corrected chi connectivity index (χ0v) is 29.5. The lowest BCUT2D eigenvalue weighted by molar-refractivity contribution is 0.591. The molecule has 8 aromatic rings. The summed E-state index contributed by atoms with van der Waals surface area (Å²) in [6.45, 7) is 0. The molecule has 0 amide bonds. The summed E-state index contributed by atoms with van der Waals surface area (Å²) in [6.07, 6.45) is 0. The average molecular weight is 731 g/mol. The minimum Gasteiger partial charge on any atom is -0.309 e. The Morgan fingerprint density at radius 3 is 0.981 bits per heavy atom. The van der Waals surface area contributed by atoms with Gasteiger partial charge in [0.2, 0.25) is 0 Å². The van der Waals surface area contributed by atoms with Crippen LogP contribution in [0.4, 0.5) is 0 Å². The summed E-state index contributed by atoms with van der Waals surface area (Å²) < 4.78 is 167. The van der Waals surface area contributed by atoms with E-state index in [1.165, 1.54) is 0 Å². The fourth-order valence-corrected chi connectivity index (χ4v) is 12.7. The van der Waals surface area contributed by atoms with E-state index >= 15 is 9.13 Å². The van der Waals surface area contributed by atoms with Crippen molar-refractivity contribution in [3.05, 3.63) is 228 Å². The Morgan fingerprint density at radius 2 is 0.642 bits per heavy atom. The van der Waals surface area contributed by atoms with Crippen molar-refractivity contribution in [1.82, 2.24) is 0 Å². The van der Waals surface area contributed by atoms with Crippen molar-refractivity contribution in [3.8, 4) is 22.3 Å². The average Bonchev–Trinajstić information content (AvgIpc) is 3.84. The molecule has 10 rings (SSSR count). The van der Waals surface area contributed by atoms with E-state index in [4.69, 9.17) is 5.48 Å². The van der Waals surface area contributed by atoms with Crippen LogP contribution in [0.2, 0.25) is 0 Å². The second-order valence-electron chi connectivity index (χ2n) is 12.8. The van der Waals surface area contributed by atoms with Crippen LogP contribution in [0.5, 0.6) is 0 Å². The van der Waals surface area contributed by atoms with E-state index in [1.807, 2.05) is 0 Å². The topological polar surface area (TPSA) is 34.1 Å². The number of hydrogen-bond donors (Lipinski definition) is 0. The summed E-state index contributed by atoms with van der Waals surface area (Å²) in [6, 6.07) is 21.6. The highest BCUT2D eigenvalue weighted by atomic mass is 31.2. The quantitative estimate of drug-likeness (QED) is 0.160. The maximum atomic E-state index is 16.4. The first-order valence-electron chi connectivity index (χ1n) is 23.8. The number of benzene rings is 8. The van der Waals surface area contributed by atoms with Crippen LogP contribution < -0.4 is 31.8 Å². The first-order chi connectivity index (χ1) is 31.9. The maximum absolute atomic E-state index is 16.4. The van der Waals surface area contributed by atoms with E-state index in [1.54, 1.807) is 121 Å². The fraction of sp³-hybridized carbons (Fsp3) is 0.0204. The highest BCUT2D eigenvalue weighted by molar-refractivity contribution is 7.85. The van der Waals surface area contributed by atoms with Gasteiger partial charge in [-0.15, -0.1) is 0 Å². The molecule has 252 valence electrons. The van der Waals surface area contributed by atoms with Crippen molar-refractivity contribution in [2.45, 2.75) is 5.41 Å².